The average Bonchev–Trinajstić information content (AvgIpc) is 2.15. The minimum atomic E-state index is 0.531. The van der Waals surface area contributed by atoms with Gasteiger partial charge in [-0.3, -0.25) is 0 Å². The van der Waals surface area contributed by atoms with Gasteiger partial charge in [0.05, 0.1) is 5.71 Å². The van der Waals surface area contributed by atoms with Gasteiger partial charge in [-0.05, 0) is 18.8 Å². The highest BCUT2D eigenvalue weighted by atomic mass is 16.6. The molecule has 0 spiro atoms. The molecule has 0 amide bonds. The molecule has 0 aromatic heterocycles. The lowest BCUT2D eigenvalue weighted by Crippen LogP contribution is -2.22. The number of hydrogen-bond donors (Lipinski definition) is 0. The van der Waals surface area contributed by atoms with E-state index in [0.717, 1.165) is 0 Å². The second-order valence-corrected chi connectivity index (χ2v) is 4.19. The van der Waals surface area contributed by atoms with Crippen molar-refractivity contribution >= 4 is 5.71 Å². The second kappa shape index (κ2) is 5.25. The SMILES string of the molecule is CO/N=C(\C(C)C)C1CCCCC1. The number of nitrogens with zero attached hydrogens (tertiary/aromatic N) is 1. The Balaban J connectivity index is 2.57. The first kappa shape index (κ1) is 10.6. The Morgan fingerprint density at radius 1 is 1.23 bits per heavy atom. The molecule has 2 nitrogen and oxygen atoms in total. The van der Waals surface area contributed by atoms with Crippen LogP contribution in [-0.4, -0.2) is 12.8 Å². The van der Waals surface area contributed by atoms with Crippen molar-refractivity contribution in [1.29, 1.82) is 0 Å². The molecule has 1 aliphatic rings. The van der Waals surface area contributed by atoms with Crippen molar-refractivity contribution in [3.05, 3.63) is 0 Å². The molecule has 2 heteroatoms. The van der Waals surface area contributed by atoms with E-state index in [-0.39, 0.29) is 0 Å². The molecule has 0 unspecified atom stereocenters. The van der Waals surface area contributed by atoms with Gasteiger partial charge in [-0.25, -0.2) is 0 Å². The summed E-state index contributed by atoms with van der Waals surface area (Å²) in [4.78, 5) is 4.91. The fraction of sp³-hybridized carbons (Fsp3) is 0.909. The highest BCUT2D eigenvalue weighted by Gasteiger charge is 2.21. The predicted molar refractivity (Wildman–Crippen MR) is 55.9 cm³/mol. The summed E-state index contributed by atoms with van der Waals surface area (Å²) in [7, 11) is 1.64. The number of hydrogen-bond acceptors (Lipinski definition) is 2. The van der Waals surface area contributed by atoms with E-state index in [4.69, 9.17) is 4.84 Å². The van der Waals surface area contributed by atoms with Crippen molar-refractivity contribution in [3.8, 4) is 0 Å². The molecule has 0 radical (unpaired) electrons. The summed E-state index contributed by atoms with van der Waals surface area (Å²) in [6.45, 7) is 4.40. The van der Waals surface area contributed by atoms with Crippen LogP contribution in [0.2, 0.25) is 0 Å². The van der Waals surface area contributed by atoms with E-state index in [1.165, 1.54) is 37.8 Å². The quantitative estimate of drug-likeness (QED) is 0.486. The molecule has 1 aliphatic carbocycles. The first-order valence-electron chi connectivity index (χ1n) is 5.36. The molecule has 0 heterocycles. The summed E-state index contributed by atoms with van der Waals surface area (Å²) in [5.41, 5.74) is 1.27. The zero-order valence-corrected chi connectivity index (χ0v) is 9.05. The van der Waals surface area contributed by atoms with E-state index in [1.807, 2.05) is 0 Å². The Morgan fingerprint density at radius 2 is 1.85 bits per heavy atom. The summed E-state index contributed by atoms with van der Waals surface area (Å²) < 4.78 is 0. The summed E-state index contributed by atoms with van der Waals surface area (Å²) in [5.74, 6) is 1.22. The van der Waals surface area contributed by atoms with Gasteiger partial charge in [-0.15, -0.1) is 0 Å². The zero-order valence-electron chi connectivity index (χ0n) is 9.05. The maximum atomic E-state index is 4.91. The van der Waals surface area contributed by atoms with Crippen molar-refractivity contribution in [1.82, 2.24) is 0 Å². The van der Waals surface area contributed by atoms with Crippen LogP contribution in [-0.2, 0) is 4.84 Å². The molecule has 76 valence electrons. The third-order valence-electron chi connectivity index (χ3n) is 2.81. The molecule has 0 aliphatic heterocycles. The number of oxime groups is 1. The van der Waals surface area contributed by atoms with E-state index in [2.05, 4.69) is 19.0 Å². The Morgan fingerprint density at radius 3 is 2.31 bits per heavy atom. The molecule has 1 rings (SSSR count). The molecule has 0 bridgehead atoms. The van der Waals surface area contributed by atoms with Gasteiger partial charge < -0.3 is 4.84 Å². The van der Waals surface area contributed by atoms with Gasteiger partial charge in [0, 0.05) is 5.92 Å². The lowest BCUT2D eigenvalue weighted by atomic mass is 9.82. The van der Waals surface area contributed by atoms with Gasteiger partial charge in [0.2, 0.25) is 0 Å². The van der Waals surface area contributed by atoms with Crippen LogP contribution in [0.1, 0.15) is 46.0 Å². The molecule has 0 saturated heterocycles. The molecule has 1 saturated carbocycles. The van der Waals surface area contributed by atoms with Crippen LogP contribution in [0.25, 0.3) is 0 Å². The van der Waals surface area contributed by atoms with E-state index in [1.54, 1.807) is 7.11 Å². The normalized spacial score (nSPS) is 20.8. The van der Waals surface area contributed by atoms with Crippen molar-refractivity contribution in [2.75, 3.05) is 7.11 Å². The maximum absolute atomic E-state index is 4.91. The molecular formula is C11H21NO. The second-order valence-electron chi connectivity index (χ2n) is 4.19. The summed E-state index contributed by atoms with van der Waals surface area (Å²) in [5, 5.41) is 4.16. The fourth-order valence-electron chi connectivity index (χ4n) is 2.16. The van der Waals surface area contributed by atoms with Crippen LogP contribution < -0.4 is 0 Å². The first-order valence-corrected chi connectivity index (χ1v) is 5.36. The lowest BCUT2D eigenvalue weighted by molar-refractivity contribution is 0.207. The van der Waals surface area contributed by atoms with Crippen molar-refractivity contribution in [2.24, 2.45) is 17.0 Å². The third kappa shape index (κ3) is 3.02. The molecule has 1 fully saturated rings. The summed E-state index contributed by atoms with van der Waals surface area (Å²) in [6, 6.07) is 0. The molecule has 0 aromatic rings. The molecule has 0 atom stereocenters. The van der Waals surface area contributed by atoms with Gasteiger partial charge in [0.1, 0.15) is 7.11 Å². The van der Waals surface area contributed by atoms with Crippen molar-refractivity contribution < 1.29 is 4.84 Å². The third-order valence-corrected chi connectivity index (χ3v) is 2.81. The molecule has 0 aromatic carbocycles. The molecule has 13 heavy (non-hydrogen) atoms. The monoisotopic (exact) mass is 183 g/mol. The Bertz CT molecular complexity index is 169. The largest absolute Gasteiger partial charge is 0.399 e. The minimum absolute atomic E-state index is 0.531. The van der Waals surface area contributed by atoms with Crippen LogP contribution in [0.15, 0.2) is 5.16 Å². The standard InChI is InChI=1S/C11H21NO/c1-9(2)11(12-13-3)10-7-5-4-6-8-10/h9-10H,4-8H2,1-3H3/b12-11+. The number of rotatable bonds is 3. The first-order chi connectivity index (χ1) is 6.25. The summed E-state index contributed by atoms with van der Waals surface area (Å²) >= 11 is 0. The average molecular weight is 183 g/mol. The predicted octanol–water partition coefficient (Wildman–Crippen LogP) is 3.23. The van der Waals surface area contributed by atoms with Crippen molar-refractivity contribution in [2.45, 2.75) is 46.0 Å². The topological polar surface area (TPSA) is 21.6 Å². The maximum Gasteiger partial charge on any atom is 0.106 e. The lowest BCUT2D eigenvalue weighted by Gasteiger charge is -2.24. The van der Waals surface area contributed by atoms with Crippen LogP contribution in [0.5, 0.6) is 0 Å². The van der Waals surface area contributed by atoms with Gasteiger partial charge in [-0.2, -0.15) is 0 Å². The van der Waals surface area contributed by atoms with Gasteiger partial charge >= 0.3 is 0 Å². The van der Waals surface area contributed by atoms with Crippen LogP contribution in [0, 0.1) is 11.8 Å². The fourth-order valence-corrected chi connectivity index (χ4v) is 2.16. The summed E-state index contributed by atoms with van der Waals surface area (Å²) in [6.07, 6.45) is 6.73. The van der Waals surface area contributed by atoms with Crippen LogP contribution >= 0.6 is 0 Å². The van der Waals surface area contributed by atoms with Gasteiger partial charge in [0.25, 0.3) is 0 Å². The Kier molecular flexibility index (Phi) is 4.26. The van der Waals surface area contributed by atoms with Crippen molar-refractivity contribution in [3.63, 3.8) is 0 Å². The van der Waals surface area contributed by atoms with E-state index < -0.39 is 0 Å². The van der Waals surface area contributed by atoms with E-state index in [0.29, 0.717) is 11.8 Å². The molecular weight excluding hydrogens is 162 g/mol. The highest BCUT2D eigenvalue weighted by molar-refractivity contribution is 5.88. The van der Waals surface area contributed by atoms with Gasteiger partial charge in [-0.1, -0.05) is 38.3 Å². The Labute approximate surface area is 81.3 Å². The zero-order chi connectivity index (χ0) is 9.68. The minimum Gasteiger partial charge on any atom is -0.399 e. The van der Waals surface area contributed by atoms with E-state index in [9.17, 15) is 0 Å². The van der Waals surface area contributed by atoms with Crippen LogP contribution in [0.3, 0.4) is 0 Å². The van der Waals surface area contributed by atoms with Crippen LogP contribution in [0.4, 0.5) is 0 Å². The van der Waals surface area contributed by atoms with Gasteiger partial charge in [0.15, 0.2) is 0 Å². The van der Waals surface area contributed by atoms with E-state index >= 15 is 0 Å². The molecule has 0 N–H and O–H groups in total. The smallest absolute Gasteiger partial charge is 0.106 e. The Hall–Kier alpha value is -0.530. The highest BCUT2D eigenvalue weighted by Crippen LogP contribution is 2.27.